The smallest absolute Gasteiger partial charge is 0.0831 e. The molecule has 0 atom stereocenters. The summed E-state index contributed by atoms with van der Waals surface area (Å²) in [5, 5.41) is 1.89. The number of nitrogens with zero attached hydrogens (tertiary/aromatic N) is 1. The summed E-state index contributed by atoms with van der Waals surface area (Å²) in [4.78, 5) is 0. The van der Waals surface area contributed by atoms with Crippen LogP contribution in [-0.4, -0.2) is 0 Å². The quantitative estimate of drug-likeness (QED) is 0.575. The Hall–Kier alpha value is -1.38. The fourth-order valence-electron chi connectivity index (χ4n) is 1.69. The molecular weight excluding hydrogens is 238 g/mol. The van der Waals surface area contributed by atoms with Gasteiger partial charge in [0.2, 0.25) is 5.69 Å². The lowest BCUT2D eigenvalue weighted by atomic mass is 10.3. The van der Waals surface area contributed by atoms with E-state index in [1.165, 1.54) is 4.70 Å². The summed E-state index contributed by atoms with van der Waals surface area (Å²) >= 11 is 8.03. The summed E-state index contributed by atoms with van der Waals surface area (Å²) < 4.78 is 3.25. The second kappa shape index (κ2) is 3.89. The maximum atomic E-state index is 6.37. The number of hydrogen-bond donors (Lipinski definition) is 0. The van der Waals surface area contributed by atoms with Gasteiger partial charge < -0.3 is 0 Å². The predicted molar refractivity (Wildman–Crippen MR) is 68.4 cm³/mol. The van der Waals surface area contributed by atoms with E-state index in [-0.39, 0.29) is 0 Å². The third-order valence-corrected chi connectivity index (χ3v) is 4.07. The monoisotopic (exact) mass is 246 g/mol. The molecule has 0 fully saturated rings. The van der Waals surface area contributed by atoms with Gasteiger partial charge >= 0.3 is 5.15 Å². The molecule has 0 bridgehead atoms. The molecule has 0 spiro atoms. The number of fused-ring (bicyclic) bond motifs is 1. The molecule has 1 heterocycles. The van der Waals surface area contributed by atoms with E-state index in [1.807, 2.05) is 40.4 Å². The molecular formula is C13H9ClNS+. The highest BCUT2D eigenvalue weighted by Crippen LogP contribution is 2.25. The van der Waals surface area contributed by atoms with Crippen molar-refractivity contribution in [1.82, 2.24) is 0 Å². The van der Waals surface area contributed by atoms with Crippen LogP contribution in [-0.2, 0) is 0 Å². The SMILES string of the molecule is Clc1c2ccccc2s[n+]1-c1ccccc1. The van der Waals surface area contributed by atoms with E-state index in [1.54, 1.807) is 11.5 Å². The maximum absolute atomic E-state index is 6.37. The van der Waals surface area contributed by atoms with Crippen LogP contribution < -0.4 is 3.96 Å². The lowest BCUT2D eigenvalue weighted by molar-refractivity contribution is -0.516. The highest BCUT2D eigenvalue weighted by Gasteiger charge is 2.19. The molecule has 0 aliphatic carbocycles. The first kappa shape index (κ1) is 9.82. The van der Waals surface area contributed by atoms with E-state index in [0.29, 0.717) is 0 Å². The molecule has 1 nitrogen and oxygen atoms in total. The first-order valence-corrected chi connectivity index (χ1v) is 6.16. The molecule has 3 heteroatoms. The first-order valence-electron chi connectivity index (χ1n) is 5.01. The fraction of sp³-hybridized carbons (Fsp3) is 0. The molecule has 78 valence electrons. The Morgan fingerprint density at radius 3 is 2.31 bits per heavy atom. The Morgan fingerprint density at radius 1 is 0.875 bits per heavy atom. The third-order valence-electron chi connectivity index (χ3n) is 2.47. The van der Waals surface area contributed by atoms with Crippen molar-refractivity contribution in [3.8, 4) is 5.69 Å². The van der Waals surface area contributed by atoms with Crippen LogP contribution in [0.2, 0.25) is 5.15 Å². The van der Waals surface area contributed by atoms with Gasteiger partial charge in [0.1, 0.15) is 16.2 Å². The molecule has 0 saturated carbocycles. The predicted octanol–water partition coefficient (Wildman–Crippen LogP) is 3.83. The van der Waals surface area contributed by atoms with E-state index in [0.717, 1.165) is 16.2 Å². The van der Waals surface area contributed by atoms with Crippen LogP contribution in [0.4, 0.5) is 0 Å². The van der Waals surface area contributed by atoms with E-state index in [2.05, 4.69) is 18.2 Å². The molecule has 0 radical (unpaired) electrons. The summed E-state index contributed by atoms with van der Waals surface area (Å²) in [6.07, 6.45) is 0. The van der Waals surface area contributed by atoms with Crippen molar-refractivity contribution in [1.29, 1.82) is 0 Å². The van der Waals surface area contributed by atoms with Crippen LogP contribution in [0.1, 0.15) is 0 Å². The van der Waals surface area contributed by atoms with Crippen LogP contribution in [0.15, 0.2) is 54.6 Å². The van der Waals surface area contributed by atoms with Gasteiger partial charge in [-0.2, -0.15) is 0 Å². The van der Waals surface area contributed by atoms with Crippen molar-refractivity contribution in [2.75, 3.05) is 0 Å². The molecule has 0 saturated heterocycles. The first-order chi connectivity index (χ1) is 7.86. The Balaban J connectivity index is 2.29. The topological polar surface area (TPSA) is 3.88 Å². The lowest BCUT2D eigenvalue weighted by Crippen LogP contribution is -2.25. The zero-order valence-electron chi connectivity index (χ0n) is 8.43. The molecule has 0 aliphatic rings. The minimum atomic E-state index is 0.784. The van der Waals surface area contributed by atoms with Gasteiger partial charge in [-0.1, -0.05) is 34.3 Å². The zero-order valence-corrected chi connectivity index (χ0v) is 10.0. The van der Waals surface area contributed by atoms with Gasteiger partial charge in [0.05, 0.1) is 5.39 Å². The molecule has 0 N–H and O–H groups in total. The van der Waals surface area contributed by atoms with Crippen LogP contribution in [0.3, 0.4) is 0 Å². The summed E-state index contributed by atoms with van der Waals surface area (Å²) in [7, 11) is 0. The van der Waals surface area contributed by atoms with Crippen molar-refractivity contribution in [2.45, 2.75) is 0 Å². The summed E-state index contributed by atoms with van der Waals surface area (Å²) in [6, 6.07) is 18.3. The fourth-order valence-corrected chi connectivity index (χ4v) is 3.12. The molecule has 0 aliphatic heterocycles. The van der Waals surface area contributed by atoms with E-state index < -0.39 is 0 Å². The van der Waals surface area contributed by atoms with Crippen LogP contribution in [0.25, 0.3) is 15.8 Å². The highest BCUT2D eigenvalue weighted by atomic mass is 35.5. The summed E-state index contributed by atoms with van der Waals surface area (Å²) in [6.45, 7) is 0. The van der Waals surface area contributed by atoms with Gasteiger partial charge in [0, 0.05) is 12.1 Å². The Morgan fingerprint density at radius 2 is 1.56 bits per heavy atom. The number of benzene rings is 2. The molecule has 0 amide bonds. The average molecular weight is 247 g/mol. The number of para-hydroxylation sites is 1. The maximum Gasteiger partial charge on any atom is 0.303 e. The summed E-state index contributed by atoms with van der Waals surface area (Å²) in [5.41, 5.74) is 1.11. The number of rotatable bonds is 1. The minimum absolute atomic E-state index is 0.784. The van der Waals surface area contributed by atoms with Gasteiger partial charge in [-0.25, -0.2) is 0 Å². The Bertz CT molecular complexity index is 631. The third kappa shape index (κ3) is 1.51. The molecule has 3 rings (SSSR count). The normalized spacial score (nSPS) is 10.8. The Kier molecular flexibility index (Phi) is 2.39. The lowest BCUT2D eigenvalue weighted by Gasteiger charge is -1.89. The van der Waals surface area contributed by atoms with Crippen molar-refractivity contribution in [3.05, 3.63) is 59.8 Å². The van der Waals surface area contributed by atoms with E-state index in [4.69, 9.17) is 11.6 Å². The van der Waals surface area contributed by atoms with Crippen molar-refractivity contribution in [2.24, 2.45) is 0 Å². The highest BCUT2D eigenvalue weighted by molar-refractivity contribution is 7.10. The second-order valence-corrected chi connectivity index (χ2v) is 4.85. The second-order valence-electron chi connectivity index (χ2n) is 3.51. The average Bonchev–Trinajstić information content (AvgIpc) is 2.69. The molecule has 16 heavy (non-hydrogen) atoms. The van der Waals surface area contributed by atoms with Gasteiger partial charge in [0.15, 0.2) is 0 Å². The number of aromatic nitrogens is 1. The van der Waals surface area contributed by atoms with Crippen LogP contribution in [0, 0.1) is 0 Å². The van der Waals surface area contributed by atoms with Crippen molar-refractivity contribution < 1.29 is 3.96 Å². The molecule has 3 aromatic rings. The van der Waals surface area contributed by atoms with Crippen LogP contribution in [0.5, 0.6) is 0 Å². The standard InChI is InChI=1S/C13H9ClNS/c14-13-11-8-4-5-9-12(11)16-15(13)10-6-2-1-3-7-10/h1-9H/q+1. The van der Waals surface area contributed by atoms with Crippen molar-refractivity contribution >= 4 is 33.2 Å². The van der Waals surface area contributed by atoms with E-state index in [9.17, 15) is 0 Å². The number of hydrogen-bond acceptors (Lipinski definition) is 1. The number of halogens is 1. The largest absolute Gasteiger partial charge is 0.303 e. The molecule has 1 aromatic heterocycles. The van der Waals surface area contributed by atoms with E-state index >= 15 is 0 Å². The summed E-state index contributed by atoms with van der Waals surface area (Å²) in [5.74, 6) is 0. The molecule has 0 unspecified atom stereocenters. The van der Waals surface area contributed by atoms with Crippen molar-refractivity contribution in [3.63, 3.8) is 0 Å². The van der Waals surface area contributed by atoms with Gasteiger partial charge in [0.25, 0.3) is 0 Å². The van der Waals surface area contributed by atoms with Gasteiger partial charge in [-0.05, 0) is 23.7 Å². The zero-order chi connectivity index (χ0) is 11.0. The minimum Gasteiger partial charge on any atom is -0.0831 e. The molecule has 2 aromatic carbocycles. The Labute approximate surface area is 103 Å². The van der Waals surface area contributed by atoms with Crippen LogP contribution >= 0.6 is 23.1 Å². The van der Waals surface area contributed by atoms with Gasteiger partial charge in [-0.3, -0.25) is 0 Å². The van der Waals surface area contributed by atoms with Gasteiger partial charge in [-0.15, -0.1) is 0 Å².